The van der Waals surface area contributed by atoms with Crippen molar-refractivity contribution in [3.05, 3.63) is 74.5 Å². The molecule has 26 heavy (non-hydrogen) atoms. The zero-order valence-electron chi connectivity index (χ0n) is 13.5. The predicted molar refractivity (Wildman–Crippen MR) is 103 cm³/mol. The second-order valence-corrected chi connectivity index (χ2v) is 7.25. The number of para-hydroxylation sites is 2. The van der Waals surface area contributed by atoms with Crippen molar-refractivity contribution in [1.82, 2.24) is 14.4 Å². The third-order valence-electron chi connectivity index (χ3n) is 4.76. The molecule has 0 saturated carbocycles. The Morgan fingerprint density at radius 2 is 1.96 bits per heavy atom. The molecule has 1 aliphatic heterocycles. The highest BCUT2D eigenvalue weighted by atomic mass is 79.9. The maximum atomic E-state index is 12.9. The van der Waals surface area contributed by atoms with Crippen molar-refractivity contribution in [3.63, 3.8) is 0 Å². The number of nitrogens with zero attached hydrogens (tertiary/aromatic N) is 2. The number of rotatable bonds is 1. The summed E-state index contributed by atoms with van der Waals surface area (Å²) in [6.07, 6.45) is 0.227. The first-order valence-electron chi connectivity index (χ1n) is 8.20. The number of carbonyl (C=O) groups is 1. The average molecular weight is 409 g/mol. The van der Waals surface area contributed by atoms with E-state index in [2.05, 4.69) is 31.2 Å². The zero-order chi connectivity index (χ0) is 17.8. The van der Waals surface area contributed by atoms with Gasteiger partial charge < -0.3 is 5.32 Å². The van der Waals surface area contributed by atoms with E-state index in [0.717, 1.165) is 21.1 Å². The Labute approximate surface area is 156 Å². The summed E-state index contributed by atoms with van der Waals surface area (Å²) in [5.41, 5.74) is 2.84. The molecule has 128 valence electrons. The van der Waals surface area contributed by atoms with Crippen molar-refractivity contribution in [2.45, 2.75) is 12.3 Å². The van der Waals surface area contributed by atoms with Crippen LogP contribution in [0.2, 0.25) is 0 Å². The number of carbonyl (C=O) groups excluding carboxylic acids is 1. The minimum Gasteiger partial charge on any atom is -0.311 e. The summed E-state index contributed by atoms with van der Waals surface area (Å²) in [6, 6.07) is 15.3. The fourth-order valence-corrected chi connectivity index (χ4v) is 4.07. The molecule has 0 radical (unpaired) electrons. The van der Waals surface area contributed by atoms with Gasteiger partial charge >= 0.3 is 0 Å². The Morgan fingerprint density at radius 1 is 1.12 bits per heavy atom. The second-order valence-electron chi connectivity index (χ2n) is 6.34. The first-order chi connectivity index (χ1) is 12.6. The summed E-state index contributed by atoms with van der Waals surface area (Å²) in [6.45, 7) is 0. The number of benzene rings is 2. The number of aromatic nitrogens is 3. The monoisotopic (exact) mass is 408 g/mol. The molecule has 0 fully saturated rings. The maximum absolute atomic E-state index is 12.9. The number of nitrogens with one attached hydrogen (secondary N) is 2. The van der Waals surface area contributed by atoms with Crippen molar-refractivity contribution < 1.29 is 4.79 Å². The molecule has 6 nitrogen and oxygen atoms in total. The van der Waals surface area contributed by atoms with Gasteiger partial charge in [0, 0.05) is 16.8 Å². The maximum Gasteiger partial charge on any atom is 0.258 e. The van der Waals surface area contributed by atoms with E-state index in [9.17, 15) is 9.59 Å². The molecule has 2 N–H and O–H groups in total. The van der Waals surface area contributed by atoms with E-state index in [1.54, 1.807) is 0 Å². The molecule has 1 amide bonds. The minimum atomic E-state index is -0.314. The molecule has 2 aromatic heterocycles. The predicted octanol–water partition coefficient (Wildman–Crippen LogP) is 3.41. The van der Waals surface area contributed by atoms with Gasteiger partial charge in [-0.3, -0.25) is 19.0 Å². The number of anilines is 1. The molecule has 1 atom stereocenters. The zero-order valence-corrected chi connectivity index (χ0v) is 15.1. The van der Waals surface area contributed by atoms with E-state index >= 15 is 0 Å². The van der Waals surface area contributed by atoms with Crippen LogP contribution in [0.15, 0.2) is 57.8 Å². The summed E-state index contributed by atoms with van der Waals surface area (Å²) in [5, 5.41) is 2.89. The highest BCUT2D eigenvalue weighted by Crippen LogP contribution is 2.36. The average Bonchev–Trinajstić information content (AvgIpc) is 2.99. The molecule has 0 saturated heterocycles. The lowest BCUT2D eigenvalue weighted by Gasteiger charge is -2.26. The van der Waals surface area contributed by atoms with Crippen LogP contribution in [0.25, 0.3) is 16.8 Å². The number of H-pyrrole nitrogens is 1. The van der Waals surface area contributed by atoms with Gasteiger partial charge in [-0.1, -0.05) is 40.2 Å². The SMILES string of the molecule is O=C1C[C@H](c2cccc(Br)c2)c2c(n3c(nc4ccccc43)[nH]c2=O)N1. The lowest BCUT2D eigenvalue weighted by Crippen LogP contribution is -2.32. The van der Waals surface area contributed by atoms with Crippen molar-refractivity contribution in [3.8, 4) is 0 Å². The van der Waals surface area contributed by atoms with E-state index in [4.69, 9.17) is 0 Å². The van der Waals surface area contributed by atoms with Crippen LogP contribution in [0.4, 0.5) is 5.82 Å². The molecule has 4 aromatic rings. The van der Waals surface area contributed by atoms with Crippen LogP contribution in [-0.4, -0.2) is 20.3 Å². The summed E-state index contributed by atoms with van der Waals surface area (Å²) >= 11 is 3.47. The number of amides is 1. The van der Waals surface area contributed by atoms with Gasteiger partial charge in [0.25, 0.3) is 5.56 Å². The fraction of sp³-hybridized carbons (Fsp3) is 0.105. The summed E-state index contributed by atoms with van der Waals surface area (Å²) in [4.78, 5) is 32.6. The largest absolute Gasteiger partial charge is 0.311 e. The summed E-state index contributed by atoms with van der Waals surface area (Å²) < 4.78 is 2.72. The minimum absolute atomic E-state index is 0.118. The van der Waals surface area contributed by atoms with E-state index in [0.29, 0.717) is 17.2 Å². The third-order valence-corrected chi connectivity index (χ3v) is 5.25. The lowest BCUT2D eigenvalue weighted by molar-refractivity contribution is -0.116. The Balaban J connectivity index is 1.87. The molecule has 0 aliphatic carbocycles. The second kappa shape index (κ2) is 5.54. The molecular formula is C19H13BrN4O2. The topological polar surface area (TPSA) is 79.3 Å². The van der Waals surface area contributed by atoms with Crippen molar-refractivity contribution in [2.75, 3.05) is 5.32 Å². The van der Waals surface area contributed by atoms with Crippen LogP contribution in [0.5, 0.6) is 0 Å². The van der Waals surface area contributed by atoms with Gasteiger partial charge in [-0.25, -0.2) is 4.98 Å². The van der Waals surface area contributed by atoms with E-state index in [-0.39, 0.29) is 23.8 Å². The molecule has 5 rings (SSSR count). The normalized spacial score (nSPS) is 16.7. The smallest absolute Gasteiger partial charge is 0.258 e. The Hall–Kier alpha value is -2.93. The molecule has 0 bridgehead atoms. The quantitative estimate of drug-likeness (QED) is 0.506. The number of halogens is 1. The van der Waals surface area contributed by atoms with Crippen molar-refractivity contribution in [2.24, 2.45) is 0 Å². The van der Waals surface area contributed by atoms with Crippen molar-refractivity contribution >= 4 is 44.5 Å². The van der Waals surface area contributed by atoms with Gasteiger partial charge in [-0.05, 0) is 29.8 Å². The van der Waals surface area contributed by atoms with Gasteiger partial charge in [0.05, 0.1) is 16.6 Å². The van der Waals surface area contributed by atoms with Gasteiger partial charge in [-0.2, -0.15) is 0 Å². The number of aromatic amines is 1. The molecule has 2 aromatic carbocycles. The van der Waals surface area contributed by atoms with E-state index in [1.165, 1.54) is 0 Å². The highest BCUT2D eigenvalue weighted by molar-refractivity contribution is 9.10. The molecular weight excluding hydrogens is 396 g/mol. The van der Waals surface area contributed by atoms with E-state index < -0.39 is 0 Å². The Kier molecular flexibility index (Phi) is 3.27. The van der Waals surface area contributed by atoms with Crippen LogP contribution < -0.4 is 10.9 Å². The Morgan fingerprint density at radius 3 is 2.81 bits per heavy atom. The number of fused-ring (bicyclic) bond motifs is 5. The molecule has 3 heterocycles. The van der Waals surface area contributed by atoms with Crippen LogP contribution in [0.3, 0.4) is 0 Å². The summed E-state index contributed by atoms with van der Waals surface area (Å²) in [5.74, 6) is 0.488. The summed E-state index contributed by atoms with van der Waals surface area (Å²) in [7, 11) is 0. The molecule has 0 unspecified atom stereocenters. The lowest BCUT2D eigenvalue weighted by atomic mass is 9.87. The van der Waals surface area contributed by atoms with E-state index in [1.807, 2.05) is 52.9 Å². The standard InChI is InChI=1S/C19H13BrN4O2/c20-11-5-3-4-10(8-11)12-9-15(25)22-17-16(12)18(26)23-19-21-13-6-1-2-7-14(13)24(17)19/h1-8,12H,9H2,(H,22,25)(H,21,23,26)/t12-/m1/s1. The molecule has 7 heteroatoms. The van der Waals surface area contributed by atoms with Gasteiger partial charge in [-0.15, -0.1) is 0 Å². The van der Waals surface area contributed by atoms with Crippen molar-refractivity contribution in [1.29, 1.82) is 0 Å². The highest BCUT2D eigenvalue weighted by Gasteiger charge is 2.32. The van der Waals surface area contributed by atoms with Crippen LogP contribution in [0.1, 0.15) is 23.5 Å². The molecule has 1 aliphatic rings. The number of hydrogen-bond donors (Lipinski definition) is 2. The first kappa shape index (κ1) is 15.3. The van der Waals surface area contributed by atoms with Gasteiger partial charge in [0.1, 0.15) is 5.82 Å². The van der Waals surface area contributed by atoms with Crippen LogP contribution >= 0.6 is 15.9 Å². The number of imidazole rings is 1. The van der Waals surface area contributed by atoms with Crippen LogP contribution in [-0.2, 0) is 4.79 Å². The third kappa shape index (κ3) is 2.20. The number of hydrogen-bond acceptors (Lipinski definition) is 3. The van der Waals surface area contributed by atoms with Crippen LogP contribution in [0, 0.1) is 0 Å². The first-order valence-corrected chi connectivity index (χ1v) is 9.00. The van der Waals surface area contributed by atoms with Gasteiger partial charge in [0.2, 0.25) is 11.7 Å². The van der Waals surface area contributed by atoms with Gasteiger partial charge in [0.15, 0.2) is 0 Å². The Bertz CT molecular complexity index is 1260. The molecule has 0 spiro atoms. The fourth-order valence-electron chi connectivity index (χ4n) is 3.66.